The molecule has 10 heteroatoms. The Morgan fingerprint density at radius 3 is 2.55 bits per heavy atom. The average molecular weight is 406 g/mol. The zero-order chi connectivity index (χ0) is 21.0. The molecule has 0 bridgehead atoms. The average Bonchev–Trinajstić information content (AvgIpc) is 2.68. The van der Waals surface area contributed by atoms with Crippen LogP contribution < -0.4 is 10.6 Å². The quantitative estimate of drug-likeness (QED) is 0.545. The van der Waals surface area contributed by atoms with Gasteiger partial charge >= 0.3 is 5.69 Å². The molecule has 1 aliphatic carbocycles. The van der Waals surface area contributed by atoms with Crippen molar-refractivity contribution in [3.63, 3.8) is 0 Å². The van der Waals surface area contributed by atoms with Crippen LogP contribution in [0.25, 0.3) is 0 Å². The third kappa shape index (κ3) is 5.53. The van der Waals surface area contributed by atoms with Crippen molar-refractivity contribution >= 4 is 23.4 Å². The number of nitrogens with zero attached hydrogens (tertiary/aromatic N) is 4. The van der Waals surface area contributed by atoms with Crippen molar-refractivity contribution in [1.29, 1.82) is 0 Å². The van der Waals surface area contributed by atoms with Crippen molar-refractivity contribution in [2.75, 3.05) is 31.3 Å². The minimum atomic E-state index is -0.468. The van der Waals surface area contributed by atoms with Crippen LogP contribution >= 0.6 is 0 Å². The topological polar surface area (TPSA) is 123 Å². The van der Waals surface area contributed by atoms with E-state index in [4.69, 9.17) is 4.74 Å². The number of hydrogen-bond donors (Lipinski definition) is 2. The molecule has 0 aromatic carbocycles. The Hall–Kier alpha value is -2.49. The summed E-state index contributed by atoms with van der Waals surface area (Å²) in [7, 11) is 3.54. The van der Waals surface area contributed by atoms with E-state index in [2.05, 4.69) is 20.6 Å². The second-order valence-electron chi connectivity index (χ2n) is 8.16. The van der Waals surface area contributed by atoms with Gasteiger partial charge in [0.2, 0.25) is 17.7 Å². The molecule has 0 spiro atoms. The number of amides is 1. The fourth-order valence-electron chi connectivity index (χ4n) is 4.04. The van der Waals surface area contributed by atoms with Gasteiger partial charge in [-0.2, -0.15) is 4.98 Å². The van der Waals surface area contributed by atoms with Gasteiger partial charge in [-0.3, -0.25) is 14.9 Å². The molecule has 0 unspecified atom stereocenters. The Balaban J connectivity index is 1.66. The summed E-state index contributed by atoms with van der Waals surface area (Å²) < 4.78 is 5.55. The predicted molar refractivity (Wildman–Crippen MR) is 109 cm³/mol. The maximum atomic E-state index is 12.1. The van der Waals surface area contributed by atoms with Crippen molar-refractivity contribution in [3.05, 3.63) is 16.3 Å². The van der Waals surface area contributed by atoms with Gasteiger partial charge in [-0.25, -0.2) is 4.98 Å². The third-order valence-electron chi connectivity index (χ3n) is 5.64. The maximum absolute atomic E-state index is 12.1. The van der Waals surface area contributed by atoms with Gasteiger partial charge < -0.3 is 20.3 Å². The molecule has 29 heavy (non-hydrogen) atoms. The van der Waals surface area contributed by atoms with Crippen LogP contribution in [0.5, 0.6) is 0 Å². The first-order chi connectivity index (χ1) is 13.8. The number of carbonyl (C=O) groups is 1. The minimum Gasteiger partial charge on any atom is -0.378 e. The normalized spacial score (nSPS) is 27.1. The highest BCUT2D eigenvalue weighted by Gasteiger charge is 2.29. The molecule has 10 nitrogen and oxygen atoms in total. The van der Waals surface area contributed by atoms with Crippen molar-refractivity contribution in [1.82, 2.24) is 14.9 Å². The summed E-state index contributed by atoms with van der Waals surface area (Å²) in [5, 5.41) is 17.9. The zero-order valence-corrected chi connectivity index (χ0v) is 17.3. The van der Waals surface area contributed by atoms with Crippen LogP contribution in [0.2, 0.25) is 0 Å². The second kappa shape index (κ2) is 9.34. The Morgan fingerprint density at radius 1 is 1.21 bits per heavy atom. The third-order valence-corrected chi connectivity index (χ3v) is 5.64. The first-order valence-corrected chi connectivity index (χ1v) is 10.2. The molecular weight excluding hydrogens is 376 g/mol. The Bertz CT molecular complexity index is 735. The molecule has 2 heterocycles. The zero-order valence-electron chi connectivity index (χ0n) is 17.3. The maximum Gasteiger partial charge on any atom is 0.329 e. The fourth-order valence-corrected chi connectivity index (χ4v) is 4.04. The number of nitro groups is 1. The largest absolute Gasteiger partial charge is 0.378 e. The van der Waals surface area contributed by atoms with E-state index in [1.165, 1.54) is 6.20 Å². The Kier molecular flexibility index (Phi) is 6.83. The molecule has 1 aromatic rings. The molecule has 3 rings (SSSR count). The smallest absolute Gasteiger partial charge is 0.329 e. The minimum absolute atomic E-state index is 0.0242. The summed E-state index contributed by atoms with van der Waals surface area (Å²) in [5.74, 6) is 0.786. The lowest BCUT2D eigenvalue weighted by molar-refractivity contribution is -0.384. The van der Waals surface area contributed by atoms with E-state index in [1.54, 1.807) is 19.0 Å². The molecule has 2 fully saturated rings. The lowest BCUT2D eigenvalue weighted by atomic mass is 9.85. The van der Waals surface area contributed by atoms with Crippen LogP contribution in [0.4, 0.5) is 17.5 Å². The molecule has 2 aliphatic rings. The van der Waals surface area contributed by atoms with E-state index < -0.39 is 4.92 Å². The highest BCUT2D eigenvalue weighted by Crippen LogP contribution is 2.30. The van der Waals surface area contributed by atoms with Gasteiger partial charge in [-0.15, -0.1) is 0 Å². The van der Waals surface area contributed by atoms with E-state index >= 15 is 0 Å². The standard InChI is InChI=1S/C19H30N6O4/c1-12-10-15(8-9-29-12)22-19-20-11-16(25(27)28)17(23-19)21-14-6-4-13(5-7-14)18(26)24(2)3/h11-15H,4-10H2,1-3H3,(H2,20,21,22,23)/t12-,13?,14?,15-/m0/s1. The van der Waals surface area contributed by atoms with Gasteiger partial charge in [0.05, 0.1) is 11.0 Å². The van der Waals surface area contributed by atoms with Crippen molar-refractivity contribution in [3.8, 4) is 0 Å². The van der Waals surface area contributed by atoms with Crippen molar-refractivity contribution < 1.29 is 14.5 Å². The number of aromatic nitrogens is 2. The Morgan fingerprint density at radius 2 is 1.93 bits per heavy atom. The number of anilines is 2. The van der Waals surface area contributed by atoms with Crippen molar-refractivity contribution in [2.24, 2.45) is 5.92 Å². The lowest BCUT2D eigenvalue weighted by Crippen LogP contribution is -2.35. The molecule has 1 aliphatic heterocycles. The van der Waals surface area contributed by atoms with Crippen LogP contribution in [-0.2, 0) is 9.53 Å². The predicted octanol–water partition coefficient (Wildman–Crippen LogP) is 2.42. The molecular formula is C19H30N6O4. The summed E-state index contributed by atoms with van der Waals surface area (Å²) >= 11 is 0. The van der Waals surface area contributed by atoms with E-state index in [9.17, 15) is 14.9 Å². The molecule has 160 valence electrons. The molecule has 1 saturated carbocycles. The number of nitrogens with one attached hydrogen (secondary N) is 2. The Labute approximate surface area is 170 Å². The van der Waals surface area contributed by atoms with Gasteiger partial charge in [0.1, 0.15) is 6.20 Å². The molecule has 0 radical (unpaired) electrons. The van der Waals surface area contributed by atoms with Crippen molar-refractivity contribution in [2.45, 2.75) is 63.6 Å². The second-order valence-corrected chi connectivity index (χ2v) is 8.16. The molecule has 1 aromatic heterocycles. The van der Waals surface area contributed by atoms with Gasteiger partial charge in [-0.1, -0.05) is 0 Å². The first-order valence-electron chi connectivity index (χ1n) is 10.2. The number of carbonyl (C=O) groups excluding carboxylic acids is 1. The van der Waals surface area contributed by atoms with Crippen LogP contribution in [0.15, 0.2) is 6.20 Å². The summed E-state index contributed by atoms with van der Waals surface area (Å²) in [5.41, 5.74) is -0.137. The van der Waals surface area contributed by atoms with E-state index in [0.717, 1.165) is 38.5 Å². The van der Waals surface area contributed by atoms with Crippen LogP contribution in [0.3, 0.4) is 0 Å². The van der Waals surface area contributed by atoms with E-state index in [1.807, 2.05) is 6.92 Å². The van der Waals surface area contributed by atoms with E-state index in [0.29, 0.717) is 12.6 Å². The molecule has 1 amide bonds. The number of rotatable bonds is 6. The van der Waals surface area contributed by atoms with Gasteiger partial charge in [0.15, 0.2) is 0 Å². The van der Waals surface area contributed by atoms with Gasteiger partial charge in [0.25, 0.3) is 0 Å². The highest BCUT2D eigenvalue weighted by molar-refractivity contribution is 5.78. The summed E-state index contributed by atoms with van der Waals surface area (Å²) in [4.78, 5) is 33.3. The van der Waals surface area contributed by atoms with E-state index in [-0.39, 0.29) is 41.5 Å². The number of hydrogen-bond acceptors (Lipinski definition) is 8. The molecule has 2 N–H and O–H groups in total. The lowest BCUT2D eigenvalue weighted by Gasteiger charge is -2.30. The summed E-state index contributed by atoms with van der Waals surface area (Å²) in [6.07, 6.45) is 6.16. The van der Waals surface area contributed by atoms with Crippen LogP contribution in [-0.4, -0.2) is 64.6 Å². The number of ether oxygens (including phenoxy) is 1. The monoisotopic (exact) mass is 406 g/mol. The fraction of sp³-hybridized carbons (Fsp3) is 0.737. The summed E-state index contributed by atoms with van der Waals surface area (Å²) in [6, 6.07) is 0.228. The molecule has 1 saturated heterocycles. The first kappa shape index (κ1) is 21.2. The van der Waals surface area contributed by atoms with Gasteiger partial charge in [0, 0.05) is 38.7 Å². The highest BCUT2D eigenvalue weighted by atomic mass is 16.6. The van der Waals surface area contributed by atoms with Gasteiger partial charge in [-0.05, 0) is 45.4 Å². The summed E-state index contributed by atoms with van der Waals surface area (Å²) in [6.45, 7) is 2.70. The van der Waals surface area contributed by atoms with Crippen LogP contribution in [0, 0.1) is 16.0 Å². The SMILES string of the molecule is C[C@H]1C[C@@H](Nc2ncc([N+](=O)[O-])c(NC3CCC(C(=O)N(C)C)CC3)n2)CCO1. The molecule has 2 atom stereocenters. The van der Waals surface area contributed by atoms with Crippen LogP contribution in [0.1, 0.15) is 45.4 Å².